The molecule has 6 rings (SSSR count). The molecule has 4 atom stereocenters. The van der Waals surface area contributed by atoms with Crippen molar-refractivity contribution in [3.63, 3.8) is 0 Å². The van der Waals surface area contributed by atoms with Crippen molar-refractivity contribution in [2.24, 2.45) is 0 Å². The number of sulfone groups is 1. The number of nitrogens with zero attached hydrogens (tertiary/aromatic N) is 4. The summed E-state index contributed by atoms with van der Waals surface area (Å²) >= 11 is 0. The van der Waals surface area contributed by atoms with Gasteiger partial charge in [-0.25, -0.2) is 22.5 Å². The number of rotatable bonds is 4. The molecule has 3 aliphatic rings. The third kappa shape index (κ3) is 2.78. The van der Waals surface area contributed by atoms with Crippen molar-refractivity contribution in [3.8, 4) is 0 Å². The molecule has 0 radical (unpaired) electrons. The quantitative estimate of drug-likeness (QED) is 0.179. The molecule has 35 heavy (non-hydrogen) atoms. The van der Waals surface area contributed by atoms with Crippen LogP contribution < -0.4 is 4.90 Å². The van der Waals surface area contributed by atoms with E-state index in [0.717, 1.165) is 29.2 Å². The van der Waals surface area contributed by atoms with Crippen LogP contribution >= 0.6 is 0 Å². The van der Waals surface area contributed by atoms with Gasteiger partial charge in [-0.15, -0.1) is 0 Å². The van der Waals surface area contributed by atoms with E-state index in [9.17, 15) is 32.5 Å². The van der Waals surface area contributed by atoms with Crippen LogP contribution in [0.2, 0.25) is 0 Å². The first-order chi connectivity index (χ1) is 16.7. The van der Waals surface area contributed by atoms with Crippen LogP contribution in [0.5, 0.6) is 0 Å². The Hall–Kier alpha value is -3.74. The lowest BCUT2D eigenvalue weighted by atomic mass is 10.1. The number of imide groups is 1. The van der Waals surface area contributed by atoms with Gasteiger partial charge in [-0.05, 0) is 36.4 Å². The van der Waals surface area contributed by atoms with Crippen molar-refractivity contribution < 1.29 is 31.8 Å². The summed E-state index contributed by atoms with van der Waals surface area (Å²) in [5, 5.41) is 10.9. The third-order valence-corrected chi connectivity index (χ3v) is 9.39. The molecule has 12 heteroatoms. The number of hydrogen-bond donors (Lipinski definition) is 0. The minimum Gasteiger partial charge on any atom is -0.267 e. The molecule has 3 amide bonds. The highest BCUT2D eigenvalue weighted by atomic mass is 32.2. The molecule has 3 fully saturated rings. The minimum absolute atomic E-state index is 0.0573. The summed E-state index contributed by atoms with van der Waals surface area (Å²) in [6.07, 6.45) is 0. The van der Waals surface area contributed by atoms with Gasteiger partial charge in [0.15, 0.2) is 6.04 Å². The third-order valence-electron chi connectivity index (χ3n) is 7.22. The monoisotopic (exact) mass is 497 g/mol. The Morgan fingerprint density at radius 3 is 2.34 bits per heavy atom. The number of nitro groups is 1. The topological polar surface area (TPSA) is 118 Å². The second-order valence-electron chi connectivity index (χ2n) is 8.94. The maximum absolute atomic E-state index is 14.0. The van der Waals surface area contributed by atoms with Gasteiger partial charge >= 0.3 is 6.03 Å². The summed E-state index contributed by atoms with van der Waals surface area (Å²) in [6, 6.07) is 11.8. The van der Waals surface area contributed by atoms with Gasteiger partial charge in [0.1, 0.15) is 12.5 Å². The van der Waals surface area contributed by atoms with E-state index >= 15 is 0 Å². The molecule has 0 aliphatic carbocycles. The molecule has 3 heterocycles. The van der Waals surface area contributed by atoms with Gasteiger partial charge in [0.05, 0.1) is 34.0 Å². The highest BCUT2D eigenvalue weighted by Crippen LogP contribution is 2.47. The number of non-ortho nitro benzene ring substituents is 1. The van der Waals surface area contributed by atoms with E-state index in [0.29, 0.717) is 5.39 Å². The fourth-order valence-electron chi connectivity index (χ4n) is 5.66. The average Bonchev–Trinajstić information content (AvgIpc) is 3.47. The molecule has 4 unspecified atom stereocenters. The molecule has 0 N–H and O–H groups in total. The van der Waals surface area contributed by atoms with Crippen molar-refractivity contribution in [2.75, 3.05) is 24.7 Å². The maximum atomic E-state index is 14.0. The summed E-state index contributed by atoms with van der Waals surface area (Å²) in [5.74, 6) is -1.13. The van der Waals surface area contributed by atoms with Crippen LogP contribution in [-0.2, 0) is 14.6 Å². The van der Waals surface area contributed by atoms with E-state index in [1.165, 1.54) is 18.2 Å². The molecule has 0 saturated carbocycles. The zero-order valence-electron chi connectivity index (χ0n) is 18.1. The molecule has 1 spiro atoms. The summed E-state index contributed by atoms with van der Waals surface area (Å²) < 4.78 is 40.0. The summed E-state index contributed by atoms with van der Waals surface area (Å²) in [6.45, 7) is 0.341. The van der Waals surface area contributed by atoms with Crippen LogP contribution in [0.3, 0.4) is 0 Å². The van der Waals surface area contributed by atoms with Gasteiger partial charge in [0, 0.05) is 11.5 Å². The van der Waals surface area contributed by atoms with E-state index in [1.807, 2.05) is 0 Å². The Kier molecular flexibility index (Phi) is 4.44. The Labute approximate surface area is 198 Å². The van der Waals surface area contributed by atoms with Gasteiger partial charge in [0.25, 0.3) is 11.6 Å². The van der Waals surface area contributed by atoms with E-state index in [2.05, 4.69) is 0 Å². The molecular weight excluding hydrogens is 479 g/mol. The van der Waals surface area contributed by atoms with Gasteiger partial charge in [-0.2, -0.15) is 9.38 Å². The number of fused-ring (bicyclic) bond motifs is 2. The molecule has 3 saturated heterocycles. The molecule has 2 bridgehead atoms. The van der Waals surface area contributed by atoms with E-state index in [1.54, 1.807) is 23.1 Å². The Morgan fingerprint density at radius 1 is 0.971 bits per heavy atom. The number of nitro benzene ring substituents is 1. The number of piperazine rings is 1. The first-order valence-electron chi connectivity index (χ1n) is 10.8. The lowest BCUT2D eigenvalue weighted by Crippen LogP contribution is -2.62. The largest absolute Gasteiger partial charge is 0.433 e. The molecule has 3 aromatic rings. The summed E-state index contributed by atoms with van der Waals surface area (Å²) in [7, 11) is -4.10. The van der Waals surface area contributed by atoms with E-state index < -0.39 is 48.4 Å². The van der Waals surface area contributed by atoms with Crippen LogP contribution in [-0.4, -0.2) is 65.8 Å². The first-order valence-corrected chi connectivity index (χ1v) is 12.3. The highest BCUT2D eigenvalue weighted by molar-refractivity contribution is 7.92. The molecular formula is C23H18FN4O6S+. The second-order valence-corrected chi connectivity index (χ2v) is 11.0. The van der Waals surface area contributed by atoms with Crippen molar-refractivity contribution in [1.29, 1.82) is 0 Å². The van der Waals surface area contributed by atoms with Crippen LogP contribution in [0, 0.1) is 15.9 Å². The number of amides is 3. The van der Waals surface area contributed by atoms with E-state index in [4.69, 9.17) is 0 Å². The maximum Gasteiger partial charge on any atom is 0.433 e. The first kappa shape index (κ1) is 21.8. The Balaban J connectivity index is 1.49. The van der Waals surface area contributed by atoms with Crippen LogP contribution in [0.15, 0.2) is 65.6 Å². The highest BCUT2D eigenvalue weighted by Gasteiger charge is 2.75. The summed E-state index contributed by atoms with van der Waals surface area (Å²) in [4.78, 5) is 41.2. The van der Waals surface area contributed by atoms with Crippen molar-refractivity contribution >= 4 is 43.9 Å². The normalized spacial score (nSPS) is 27.6. The smallest absolute Gasteiger partial charge is 0.267 e. The number of quaternary nitrogens is 1. The van der Waals surface area contributed by atoms with E-state index in [-0.39, 0.29) is 41.4 Å². The van der Waals surface area contributed by atoms with Crippen molar-refractivity contribution in [3.05, 3.63) is 76.6 Å². The number of carbonyl (C=O) groups is 2. The average molecular weight is 497 g/mol. The summed E-state index contributed by atoms with van der Waals surface area (Å²) in [5.41, 5.74) is 0.0135. The van der Waals surface area contributed by atoms with Gasteiger partial charge in [0.2, 0.25) is 15.2 Å². The number of benzene rings is 3. The molecule has 0 aromatic heterocycles. The number of urea groups is 1. The zero-order chi connectivity index (χ0) is 24.7. The number of hydrogen-bond acceptors (Lipinski definition) is 7. The predicted octanol–water partition coefficient (Wildman–Crippen LogP) is 2.63. The molecule has 178 valence electrons. The van der Waals surface area contributed by atoms with Gasteiger partial charge in [-0.1, -0.05) is 18.2 Å². The van der Waals surface area contributed by atoms with Crippen LogP contribution in [0.25, 0.3) is 10.8 Å². The molecule has 10 nitrogen and oxygen atoms in total. The SMILES string of the molecule is O=C1C2CN3CC(S(=O)(=O)c4ccc(F)cc4)[N+]2(C3)C(=O)N1c1ccc([N+](=O)[O-])c2ccccc12. The van der Waals surface area contributed by atoms with Gasteiger partial charge < -0.3 is 0 Å². The molecule has 3 aromatic carbocycles. The fourth-order valence-corrected chi connectivity index (χ4v) is 7.70. The van der Waals surface area contributed by atoms with Crippen molar-refractivity contribution in [1.82, 2.24) is 4.90 Å². The number of carbonyl (C=O) groups excluding carboxylic acids is 2. The Morgan fingerprint density at radius 2 is 1.66 bits per heavy atom. The number of anilines is 1. The Bertz CT molecular complexity index is 1560. The fraction of sp³-hybridized carbons (Fsp3) is 0.217. The lowest BCUT2D eigenvalue weighted by Gasteiger charge is -2.33. The second kappa shape index (κ2) is 7.13. The number of halogens is 1. The van der Waals surface area contributed by atoms with Crippen molar-refractivity contribution in [2.45, 2.75) is 16.3 Å². The van der Waals surface area contributed by atoms with Crippen LogP contribution in [0.1, 0.15) is 0 Å². The standard InChI is InChI=1S/C23H18FN4O6S/c24-14-5-7-15(8-6-14)35(33,34)21-12-25-11-20-22(29)26(23(30)28(20,21)13-25)18-9-10-19(27(31)32)17-4-2-1-3-16(17)18/h1-10,20-21H,11-13H2/q+1. The minimum atomic E-state index is -4.10. The zero-order valence-corrected chi connectivity index (χ0v) is 18.9. The predicted molar refractivity (Wildman–Crippen MR) is 121 cm³/mol. The lowest BCUT2D eigenvalue weighted by molar-refractivity contribution is -0.848. The van der Waals surface area contributed by atoms with Gasteiger partial charge in [-0.3, -0.25) is 14.9 Å². The molecule has 3 aliphatic heterocycles. The van der Waals surface area contributed by atoms with Crippen LogP contribution in [0.4, 0.5) is 20.6 Å².